The van der Waals surface area contributed by atoms with Crippen LogP contribution < -0.4 is 11.1 Å². The number of pyridine rings is 1. The smallest absolute Gasteiger partial charge is 0.133 e. The molecule has 0 saturated carbocycles. The molecule has 3 N–H and O–H groups in total. The predicted molar refractivity (Wildman–Crippen MR) is 181 cm³/mol. The van der Waals surface area contributed by atoms with Crippen molar-refractivity contribution in [2.24, 2.45) is 17.3 Å². The van der Waals surface area contributed by atoms with Crippen LogP contribution in [0.5, 0.6) is 0 Å². The summed E-state index contributed by atoms with van der Waals surface area (Å²) in [7, 11) is 0. The largest absolute Gasteiger partial charge is 0.398 e. The van der Waals surface area contributed by atoms with Crippen LogP contribution in [0, 0.1) is 24.2 Å². The van der Waals surface area contributed by atoms with Crippen molar-refractivity contribution >= 4 is 28.3 Å². The second-order valence-electron chi connectivity index (χ2n) is 12.7. The number of carbonyl (C=O) groups excluding carboxylic acids is 1. The van der Waals surface area contributed by atoms with Crippen LogP contribution in [-0.2, 0) is 9.53 Å². The molecule has 5 nitrogen and oxygen atoms in total. The van der Waals surface area contributed by atoms with Crippen LogP contribution in [0.3, 0.4) is 0 Å². The Hall–Kier alpha value is -2.92. The Kier molecular flexibility index (Phi) is 15.6. The summed E-state index contributed by atoms with van der Waals surface area (Å²) in [5, 5.41) is 5.67. The van der Waals surface area contributed by atoms with Crippen molar-refractivity contribution in [3.8, 4) is 0 Å². The number of aromatic nitrogens is 1. The van der Waals surface area contributed by atoms with Crippen LogP contribution in [0.4, 0.5) is 5.69 Å². The van der Waals surface area contributed by atoms with Gasteiger partial charge in [0.1, 0.15) is 5.78 Å². The Balaban J connectivity index is 1.64. The Morgan fingerprint density at radius 1 is 1.17 bits per heavy atom. The number of benzene rings is 1. The molecule has 0 aliphatic heterocycles. The first kappa shape index (κ1) is 35.3. The minimum absolute atomic E-state index is 0.0584. The number of aryl methyl sites for hydroxylation is 1. The van der Waals surface area contributed by atoms with Gasteiger partial charge in [-0.1, -0.05) is 77.8 Å². The van der Waals surface area contributed by atoms with Crippen LogP contribution in [0.25, 0.3) is 16.8 Å². The summed E-state index contributed by atoms with van der Waals surface area (Å²) in [5.74, 6) is 0.718. The molecule has 2 atom stereocenters. The lowest BCUT2D eigenvalue weighted by Gasteiger charge is -2.24. The second kappa shape index (κ2) is 18.6. The standard InChI is InChI=1S/C37H57N3O2/c1-8-9-10-11-12-17-28(2)34(31(5)41)19-14-16-22-39-29(3)26-42-27-37(6,7)21-15-13-18-33-24-35-30(4)40-23-20-32(35)25-36(33)38/h12-13,17-18,20,23-25,28,34,39H,3,8-11,14-16,19,21-22,26-27,38H2,1-2,4-7H3/b17-12-,18-13+/t28-,34?/m0/s1. The lowest BCUT2D eigenvalue weighted by atomic mass is 9.86. The van der Waals surface area contributed by atoms with Crippen LogP contribution in [0.2, 0.25) is 0 Å². The number of ketones is 1. The Morgan fingerprint density at radius 2 is 1.95 bits per heavy atom. The molecule has 232 valence electrons. The van der Waals surface area contributed by atoms with Gasteiger partial charge in [-0.2, -0.15) is 0 Å². The molecule has 0 spiro atoms. The van der Waals surface area contributed by atoms with E-state index < -0.39 is 0 Å². The molecule has 42 heavy (non-hydrogen) atoms. The van der Waals surface area contributed by atoms with E-state index in [-0.39, 0.29) is 11.3 Å². The molecule has 0 aliphatic rings. The van der Waals surface area contributed by atoms with Gasteiger partial charge >= 0.3 is 0 Å². The number of carbonyl (C=O) groups is 1. The number of nitrogen functional groups attached to an aromatic ring is 1. The number of nitrogens with zero attached hydrogens (tertiary/aromatic N) is 1. The molecule has 1 aromatic heterocycles. The average molecular weight is 576 g/mol. The van der Waals surface area contributed by atoms with E-state index in [9.17, 15) is 4.79 Å². The van der Waals surface area contributed by atoms with Crippen LogP contribution in [0.15, 0.2) is 54.9 Å². The number of hydrogen-bond acceptors (Lipinski definition) is 5. The van der Waals surface area contributed by atoms with E-state index in [2.05, 4.69) is 74.9 Å². The summed E-state index contributed by atoms with van der Waals surface area (Å²) in [4.78, 5) is 16.6. The van der Waals surface area contributed by atoms with E-state index in [1.165, 1.54) is 19.3 Å². The summed E-state index contributed by atoms with van der Waals surface area (Å²) in [6.45, 7) is 18.8. The molecular weight excluding hydrogens is 518 g/mol. The summed E-state index contributed by atoms with van der Waals surface area (Å²) in [6.07, 6.45) is 20.5. The first-order valence-corrected chi connectivity index (χ1v) is 16.0. The van der Waals surface area contributed by atoms with E-state index in [4.69, 9.17) is 10.5 Å². The number of nitrogens with two attached hydrogens (primary N) is 1. The maximum atomic E-state index is 12.2. The van der Waals surface area contributed by atoms with Crippen molar-refractivity contribution in [3.05, 3.63) is 66.2 Å². The fourth-order valence-electron chi connectivity index (χ4n) is 5.35. The van der Waals surface area contributed by atoms with Gasteiger partial charge in [0, 0.05) is 41.1 Å². The monoisotopic (exact) mass is 575 g/mol. The zero-order valence-electron chi connectivity index (χ0n) is 27.3. The first-order valence-electron chi connectivity index (χ1n) is 16.0. The van der Waals surface area contributed by atoms with Gasteiger partial charge in [-0.05, 0) is 92.9 Å². The SMILES string of the molecule is C=C(COCC(C)(C)CC/C=C/c1cc2c(C)nccc2cc1N)NCCCCC(C(C)=O)[C@@H](C)/C=C\CCCCC. The summed E-state index contributed by atoms with van der Waals surface area (Å²) in [6, 6.07) is 6.16. The molecular formula is C37H57N3O2. The van der Waals surface area contributed by atoms with Gasteiger partial charge in [-0.15, -0.1) is 0 Å². The third-order valence-corrected chi connectivity index (χ3v) is 8.11. The van der Waals surface area contributed by atoms with Crippen LogP contribution >= 0.6 is 0 Å². The van der Waals surface area contributed by atoms with E-state index in [0.29, 0.717) is 24.9 Å². The number of anilines is 1. The van der Waals surface area contributed by atoms with Crippen molar-refractivity contribution in [2.75, 3.05) is 25.5 Å². The van der Waals surface area contributed by atoms with Gasteiger partial charge in [0.05, 0.1) is 13.2 Å². The van der Waals surface area contributed by atoms with Gasteiger partial charge < -0.3 is 15.8 Å². The number of allylic oxidation sites excluding steroid dienone is 3. The highest BCUT2D eigenvalue weighted by Gasteiger charge is 2.19. The normalized spacial score (nSPS) is 13.7. The molecule has 1 heterocycles. The number of nitrogens with one attached hydrogen (secondary N) is 1. The van der Waals surface area contributed by atoms with Crippen LogP contribution in [-0.4, -0.2) is 30.5 Å². The molecule has 0 amide bonds. The van der Waals surface area contributed by atoms with Gasteiger partial charge in [0.15, 0.2) is 0 Å². The predicted octanol–water partition coefficient (Wildman–Crippen LogP) is 9.21. The highest BCUT2D eigenvalue weighted by molar-refractivity contribution is 5.90. The number of fused-ring (bicyclic) bond motifs is 1. The van der Waals surface area contributed by atoms with Gasteiger partial charge in [0.2, 0.25) is 0 Å². The minimum atomic E-state index is 0.0584. The third kappa shape index (κ3) is 12.9. The molecule has 1 aromatic carbocycles. The quantitative estimate of drug-likeness (QED) is 0.0881. The second-order valence-corrected chi connectivity index (χ2v) is 12.7. The van der Waals surface area contributed by atoms with E-state index in [1.54, 1.807) is 6.92 Å². The molecule has 5 heteroatoms. The average Bonchev–Trinajstić information content (AvgIpc) is 2.93. The Morgan fingerprint density at radius 3 is 2.69 bits per heavy atom. The molecule has 0 radical (unpaired) electrons. The van der Waals surface area contributed by atoms with E-state index in [0.717, 1.165) is 78.5 Å². The van der Waals surface area contributed by atoms with Crippen molar-refractivity contribution in [3.63, 3.8) is 0 Å². The molecule has 0 aliphatic carbocycles. The van der Waals surface area contributed by atoms with E-state index in [1.807, 2.05) is 25.3 Å². The minimum Gasteiger partial charge on any atom is -0.398 e. The van der Waals surface area contributed by atoms with Crippen molar-refractivity contribution in [1.82, 2.24) is 10.3 Å². The Bertz CT molecular complexity index is 1180. The van der Waals surface area contributed by atoms with Crippen molar-refractivity contribution < 1.29 is 9.53 Å². The molecule has 1 unspecified atom stereocenters. The summed E-state index contributed by atoms with van der Waals surface area (Å²) >= 11 is 0. The fraction of sp³-hybridized carbons (Fsp3) is 0.568. The maximum absolute atomic E-state index is 12.2. The number of unbranched alkanes of at least 4 members (excludes halogenated alkanes) is 4. The lowest BCUT2D eigenvalue weighted by Crippen LogP contribution is -2.23. The van der Waals surface area contributed by atoms with E-state index >= 15 is 0 Å². The number of ether oxygens (including phenoxy) is 1. The Labute approximate surface area is 256 Å². The highest BCUT2D eigenvalue weighted by atomic mass is 16.5. The number of hydrogen-bond donors (Lipinski definition) is 2. The van der Waals surface area contributed by atoms with Gasteiger partial charge in [0.25, 0.3) is 0 Å². The van der Waals surface area contributed by atoms with Gasteiger partial charge in [-0.25, -0.2) is 0 Å². The van der Waals surface area contributed by atoms with Crippen LogP contribution in [0.1, 0.15) is 104 Å². The highest BCUT2D eigenvalue weighted by Crippen LogP contribution is 2.27. The van der Waals surface area contributed by atoms with Crippen molar-refractivity contribution in [1.29, 1.82) is 0 Å². The third-order valence-electron chi connectivity index (χ3n) is 8.11. The molecule has 0 saturated heterocycles. The molecule has 0 fully saturated rings. The van der Waals surface area contributed by atoms with Crippen molar-refractivity contribution in [2.45, 2.75) is 99.3 Å². The maximum Gasteiger partial charge on any atom is 0.133 e. The lowest BCUT2D eigenvalue weighted by molar-refractivity contribution is -0.121. The zero-order chi connectivity index (χ0) is 31.0. The topological polar surface area (TPSA) is 77.2 Å². The number of Topliss-reactive ketones (excluding diaryl/α,β-unsaturated/α-hetero) is 1. The fourth-order valence-corrected chi connectivity index (χ4v) is 5.35. The summed E-state index contributed by atoms with van der Waals surface area (Å²) < 4.78 is 6.01. The molecule has 2 rings (SSSR count). The number of rotatable bonds is 21. The van der Waals surface area contributed by atoms with Gasteiger partial charge in [-0.3, -0.25) is 9.78 Å². The summed E-state index contributed by atoms with van der Waals surface area (Å²) in [5.41, 5.74) is 10.1. The molecule has 0 bridgehead atoms. The zero-order valence-corrected chi connectivity index (χ0v) is 27.3. The molecule has 2 aromatic rings. The first-order chi connectivity index (χ1) is 20.0.